The number of benzene rings is 1. The number of rotatable bonds is 9. The van der Waals surface area contributed by atoms with Gasteiger partial charge in [-0.05, 0) is 56.9 Å². The Morgan fingerprint density at radius 2 is 1.98 bits per heavy atom. The van der Waals surface area contributed by atoms with Crippen LogP contribution in [-0.4, -0.2) is 67.4 Å². The molecule has 0 bridgehead atoms. The van der Waals surface area contributed by atoms with Crippen molar-refractivity contribution in [2.75, 3.05) is 17.4 Å². The van der Waals surface area contributed by atoms with Crippen molar-refractivity contribution >= 4 is 46.7 Å². The molecule has 3 aromatic heterocycles. The Labute approximate surface area is 238 Å². The molecule has 1 unspecified atom stereocenters. The van der Waals surface area contributed by atoms with E-state index in [1.807, 2.05) is 6.92 Å². The number of fused-ring (bicyclic) bond motifs is 1. The average molecular weight is 577 g/mol. The molecule has 4 N–H and O–H groups in total. The zero-order valence-corrected chi connectivity index (χ0v) is 23.0. The molecule has 1 aromatic carbocycles. The van der Waals surface area contributed by atoms with Gasteiger partial charge in [0.1, 0.15) is 24.1 Å². The second kappa shape index (κ2) is 11.7. The van der Waals surface area contributed by atoms with Crippen molar-refractivity contribution in [3.8, 4) is 0 Å². The number of aryl methyl sites for hydroxylation is 2. The molecule has 3 heterocycles. The molecule has 15 heteroatoms. The third kappa shape index (κ3) is 5.90. The second-order valence-corrected chi connectivity index (χ2v) is 9.75. The van der Waals surface area contributed by atoms with E-state index in [-0.39, 0.29) is 23.3 Å². The molecule has 5 rings (SSSR count). The number of carbonyl (C=O) groups is 4. The van der Waals surface area contributed by atoms with Crippen LogP contribution in [0.2, 0.25) is 0 Å². The van der Waals surface area contributed by atoms with E-state index >= 15 is 0 Å². The van der Waals surface area contributed by atoms with Gasteiger partial charge in [-0.1, -0.05) is 11.2 Å². The van der Waals surface area contributed by atoms with E-state index in [1.54, 1.807) is 25.1 Å². The summed E-state index contributed by atoms with van der Waals surface area (Å²) in [6.07, 6.45) is 4.49. The minimum Gasteiger partial charge on any atom is -0.427 e. The normalized spacial score (nSPS) is 13.3. The molecule has 218 valence electrons. The van der Waals surface area contributed by atoms with E-state index in [0.29, 0.717) is 41.0 Å². The van der Waals surface area contributed by atoms with E-state index in [0.717, 1.165) is 10.5 Å². The van der Waals surface area contributed by atoms with Crippen LogP contribution in [0.1, 0.15) is 51.6 Å². The highest BCUT2D eigenvalue weighted by Crippen LogP contribution is 2.32. The van der Waals surface area contributed by atoms with Gasteiger partial charge in [-0.15, -0.1) is 0 Å². The van der Waals surface area contributed by atoms with Crippen molar-refractivity contribution in [3.63, 3.8) is 0 Å². The maximum absolute atomic E-state index is 13.6. The molecular formula is C27H28N8O7. The summed E-state index contributed by atoms with van der Waals surface area (Å²) in [5.74, 6) is -1.05. The van der Waals surface area contributed by atoms with Crippen LogP contribution in [0.3, 0.4) is 0 Å². The summed E-state index contributed by atoms with van der Waals surface area (Å²) in [5.41, 5.74) is 8.46. The molecule has 1 atom stereocenters. The van der Waals surface area contributed by atoms with Gasteiger partial charge < -0.3 is 30.4 Å². The van der Waals surface area contributed by atoms with Crippen molar-refractivity contribution < 1.29 is 33.2 Å². The molecule has 15 nitrogen and oxygen atoms in total. The summed E-state index contributed by atoms with van der Waals surface area (Å²) in [7, 11) is 0. The number of carbonyl (C=O) groups excluding carboxylic acids is 4. The van der Waals surface area contributed by atoms with Gasteiger partial charge in [0.25, 0.3) is 11.8 Å². The maximum Gasteiger partial charge on any atom is 0.419 e. The standard InChI is InChI=1S/C27H28N8O7/c1-14-4-5-17(24(36)32-21-8-9-42-33-21)10-20(14)31-23-22-15(2)19(11-34(22)30-12-29-23)25(37)35(18-6-7-18)27(39)41-13-40-26(38)16(3)28/h4-5,8-12,16,18H,6-7,13,28H2,1-3H3,(H,29,30,31)(H,32,33,36). The van der Waals surface area contributed by atoms with Crippen LogP contribution in [0.5, 0.6) is 0 Å². The smallest absolute Gasteiger partial charge is 0.419 e. The fraction of sp³-hybridized carbons (Fsp3) is 0.296. The van der Waals surface area contributed by atoms with Crippen molar-refractivity contribution in [3.05, 3.63) is 65.3 Å². The van der Waals surface area contributed by atoms with Gasteiger partial charge in [0.15, 0.2) is 11.6 Å². The second-order valence-electron chi connectivity index (χ2n) is 9.75. The maximum atomic E-state index is 13.6. The molecule has 1 aliphatic rings. The van der Waals surface area contributed by atoms with Crippen molar-refractivity contribution in [2.45, 2.75) is 45.7 Å². The molecule has 0 saturated heterocycles. The van der Waals surface area contributed by atoms with E-state index in [1.165, 1.54) is 36.3 Å². The monoisotopic (exact) mass is 576 g/mol. The van der Waals surface area contributed by atoms with Crippen LogP contribution in [0.25, 0.3) is 5.52 Å². The lowest BCUT2D eigenvalue weighted by Crippen LogP contribution is -2.40. The van der Waals surface area contributed by atoms with Gasteiger partial charge in [-0.3, -0.25) is 14.4 Å². The topological polar surface area (TPSA) is 196 Å². The van der Waals surface area contributed by atoms with E-state index in [2.05, 4.69) is 25.9 Å². The molecule has 1 saturated carbocycles. The quantitative estimate of drug-likeness (QED) is 0.195. The number of nitrogens with zero attached hydrogens (tertiary/aromatic N) is 5. The lowest BCUT2D eigenvalue weighted by atomic mass is 10.1. The summed E-state index contributed by atoms with van der Waals surface area (Å²) in [6, 6.07) is 5.42. The lowest BCUT2D eigenvalue weighted by molar-refractivity contribution is -0.153. The van der Waals surface area contributed by atoms with Crippen molar-refractivity contribution in [1.82, 2.24) is 24.7 Å². The van der Waals surface area contributed by atoms with Gasteiger partial charge in [0, 0.05) is 29.6 Å². The number of nitrogens with two attached hydrogens (primary N) is 1. The Kier molecular flexibility index (Phi) is 7.84. The van der Waals surface area contributed by atoms with Crippen molar-refractivity contribution in [2.24, 2.45) is 5.73 Å². The van der Waals surface area contributed by atoms with Gasteiger partial charge in [-0.25, -0.2) is 19.2 Å². The SMILES string of the molecule is Cc1ccc(C(=O)Nc2ccon2)cc1Nc1ncnn2cc(C(=O)N(C(=O)OCOC(=O)C(C)N)C3CC3)c(C)c12. The molecule has 4 aromatic rings. The number of nitrogens with one attached hydrogen (secondary N) is 2. The Morgan fingerprint density at radius 3 is 2.67 bits per heavy atom. The van der Waals surface area contributed by atoms with Gasteiger partial charge in [-0.2, -0.15) is 5.10 Å². The summed E-state index contributed by atoms with van der Waals surface area (Å²) in [5, 5.41) is 13.8. The number of aromatic nitrogens is 4. The fourth-order valence-electron chi connectivity index (χ4n) is 4.16. The van der Waals surface area contributed by atoms with Crippen LogP contribution in [0.15, 0.2) is 47.6 Å². The Bertz CT molecular complexity index is 1660. The van der Waals surface area contributed by atoms with E-state index in [9.17, 15) is 19.2 Å². The highest BCUT2D eigenvalue weighted by molar-refractivity contribution is 6.06. The fourth-order valence-corrected chi connectivity index (χ4v) is 4.16. The predicted octanol–water partition coefficient (Wildman–Crippen LogP) is 2.92. The largest absolute Gasteiger partial charge is 0.427 e. The van der Waals surface area contributed by atoms with Gasteiger partial charge in [0.05, 0.1) is 5.56 Å². The van der Waals surface area contributed by atoms with Crippen LogP contribution < -0.4 is 16.4 Å². The lowest BCUT2D eigenvalue weighted by Gasteiger charge is -2.20. The molecule has 0 spiro atoms. The number of anilines is 3. The minimum atomic E-state index is -0.935. The van der Waals surface area contributed by atoms with Crippen LogP contribution in [0, 0.1) is 13.8 Å². The summed E-state index contributed by atoms with van der Waals surface area (Å²) in [4.78, 5) is 56.1. The average Bonchev–Trinajstić information content (AvgIpc) is 3.53. The first-order valence-corrected chi connectivity index (χ1v) is 13.0. The molecule has 0 radical (unpaired) electrons. The van der Waals surface area contributed by atoms with Crippen LogP contribution in [0.4, 0.5) is 22.1 Å². The Hall–Kier alpha value is -5.31. The molecule has 1 aliphatic carbocycles. The zero-order valence-electron chi connectivity index (χ0n) is 23.0. The van der Waals surface area contributed by atoms with E-state index < -0.39 is 30.8 Å². The number of esters is 1. The van der Waals surface area contributed by atoms with Crippen molar-refractivity contribution in [1.29, 1.82) is 0 Å². The molecule has 3 amide bonds. The highest BCUT2D eigenvalue weighted by Gasteiger charge is 2.40. The Morgan fingerprint density at radius 1 is 1.19 bits per heavy atom. The first-order valence-electron chi connectivity index (χ1n) is 13.0. The number of amides is 3. The summed E-state index contributed by atoms with van der Waals surface area (Å²) >= 11 is 0. The molecule has 1 fully saturated rings. The number of imide groups is 1. The molecule has 42 heavy (non-hydrogen) atoms. The predicted molar refractivity (Wildman–Crippen MR) is 147 cm³/mol. The number of hydrogen-bond acceptors (Lipinski definition) is 12. The minimum absolute atomic E-state index is 0.215. The zero-order chi connectivity index (χ0) is 30.0. The third-order valence-electron chi connectivity index (χ3n) is 6.57. The number of ether oxygens (including phenoxy) is 2. The van der Waals surface area contributed by atoms with Crippen LogP contribution in [-0.2, 0) is 14.3 Å². The van der Waals surface area contributed by atoms with E-state index in [4.69, 9.17) is 19.7 Å². The third-order valence-corrected chi connectivity index (χ3v) is 6.57. The first-order chi connectivity index (χ1) is 20.1. The first kappa shape index (κ1) is 28.2. The molecule has 0 aliphatic heterocycles. The summed E-state index contributed by atoms with van der Waals surface area (Å²) < 4.78 is 16.1. The van der Waals surface area contributed by atoms with Crippen LogP contribution >= 0.6 is 0 Å². The van der Waals surface area contributed by atoms with Gasteiger partial charge in [0.2, 0.25) is 6.79 Å². The summed E-state index contributed by atoms with van der Waals surface area (Å²) in [6.45, 7) is 4.35. The molecular weight excluding hydrogens is 548 g/mol. The number of hydrogen-bond donors (Lipinski definition) is 3. The van der Waals surface area contributed by atoms with Gasteiger partial charge >= 0.3 is 12.1 Å². The Balaban J connectivity index is 1.38. The highest BCUT2D eigenvalue weighted by atomic mass is 16.7.